The maximum atomic E-state index is 13.1. The van der Waals surface area contributed by atoms with Crippen LogP contribution in [0.4, 0.5) is 0 Å². The minimum Gasteiger partial charge on any atom is -0.379 e. The molecule has 0 radical (unpaired) electrons. The van der Waals surface area contributed by atoms with Crippen molar-refractivity contribution in [2.75, 3.05) is 26.2 Å². The molecule has 7 nitrogen and oxygen atoms in total. The number of nitrogens with zero attached hydrogens (tertiary/aromatic N) is 2. The van der Waals surface area contributed by atoms with Gasteiger partial charge in [-0.2, -0.15) is 4.31 Å². The van der Waals surface area contributed by atoms with Crippen LogP contribution in [0.15, 0.2) is 35.4 Å². The SMILES string of the molecule is CCn1ccc2cc(S(=O)(=O)N3CCC(C(=O)NCCCOC(C)C)CC3)ccc21. The van der Waals surface area contributed by atoms with Gasteiger partial charge in [0.05, 0.1) is 11.0 Å². The first-order chi connectivity index (χ1) is 14.3. The molecule has 1 fully saturated rings. The average Bonchev–Trinajstić information content (AvgIpc) is 3.15. The molecule has 1 N–H and O–H groups in total. The molecule has 1 aliphatic rings. The number of rotatable bonds is 9. The molecule has 0 atom stereocenters. The van der Waals surface area contributed by atoms with E-state index < -0.39 is 10.0 Å². The van der Waals surface area contributed by atoms with E-state index in [0.717, 1.165) is 23.9 Å². The van der Waals surface area contributed by atoms with Crippen LogP contribution in [-0.2, 0) is 26.1 Å². The fourth-order valence-corrected chi connectivity index (χ4v) is 5.37. The molecule has 8 heteroatoms. The van der Waals surface area contributed by atoms with E-state index in [1.807, 2.05) is 32.2 Å². The highest BCUT2D eigenvalue weighted by atomic mass is 32.2. The summed E-state index contributed by atoms with van der Waals surface area (Å²) in [6.45, 7) is 8.82. The van der Waals surface area contributed by atoms with Gasteiger partial charge in [0.2, 0.25) is 15.9 Å². The molecule has 3 rings (SSSR count). The topological polar surface area (TPSA) is 80.6 Å². The number of fused-ring (bicyclic) bond motifs is 1. The molecule has 1 amide bonds. The van der Waals surface area contributed by atoms with Crippen molar-refractivity contribution in [2.45, 2.75) is 57.6 Å². The Kier molecular flexibility index (Phi) is 7.55. The minimum absolute atomic E-state index is 0.0129. The summed E-state index contributed by atoms with van der Waals surface area (Å²) < 4.78 is 35.2. The van der Waals surface area contributed by atoms with Crippen LogP contribution < -0.4 is 5.32 Å². The number of aryl methyl sites for hydroxylation is 1. The van der Waals surface area contributed by atoms with Gasteiger partial charge in [-0.05, 0) is 64.3 Å². The predicted octanol–water partition coefficient (Wildman–Crippen LogP) is 2.99. The number of aromatic nitrogens is 1. The van der Waals surface area contributed by atoms with Gasteiger partial charge < -0.3 is 14.6 Å². The molecule has 166 valence electrons. The quantitative estimate of drug-likeness (QED) is 0.614. The minimum atomic E-state index is -3.56. The Labute approximate surface area is 179 Å². The van der Waals surface area contributed by atoms with Crippen molar-refractivity contribution in [3.63, 3.8) is 0 Å². The Morgan fingerprint density at radius 1 is 1.23 bits per heavy atom. The van der Waals surface area contributed by atoms with Crippen molar-refractivity contribution in [3.05, 3.63) is 30.5 Å². The number of carbonyl (C=O) groups excluding carboxylic acids is 1. The lowest BCUT2D eigenvalue weighted by Gasteiger charge is -2.30. The fourth-order valence-electron chi connectivity index (χ4n) is 3.87. The van der Waals surface area contributed by atoms with Crippen LogP contribution in [0.25, 0.3) is 10.9 Å². The van der Waals surface area contributed by atoms with Gasteiger partial charge in [0, 0.05) is 55.8 Å². The van der Waals surface area contributed by atoms with Gasteiger partial charge in [0.25, 0.3) is 0 Å². The van der Waals surface area contributed by atoms with E-state index in [2.05, 4.69) is 16.8 Å². The number of carbonyl (C=O) groups is 1. The zero-order chi connectivity index (χ0) is 21.7. The van der Waals surface area contributed by atoms with E-state index >= 15 is 0 Å². The number of piperidine rings is 1. The van der Waals surface area contributed by atoms with Gasteiger partial charge in [0.1, 0.15) is 0 Å². The van der Waals surface area contributed by atoms with Crippen molar-refractivity contribution < 1.29 is 17.9 Å². The molecule has 1 aromatic carbocycles. The zero-order valence-electron chi connectivity index (χ0n) is 18.1. The average molecular weight is 436 g/mol. The Balaban J connectivity index is 1.54. The molecule has 30 heavy (non-hydrogen) atoms. The van der Waals surface area contributed by atoms with Crippen LogP contribution in [-0.4, -0.2) is 55.5 Å². The second-order valence-electron chi connectivity index (χ2n) is 8.06. The maximum absolute atomic E-state index is 13.1. The van der Waals surface area contributed by atoms with Gasteiger partial charge in [-0.1, -0.05) is 0 Å². The number of ether oxygens (including phenoxy) is 1. The van der Waals surface area contributed by atoms with Crippen molar-refractivity contribution in [3.8, 4) is 0 Å². The molecule has 2 heterocycles. The second-order valence-corrected chi connectivity index (χ2v) is 10.0. The predicted molar refractivity (Wildman–Crippen MR) is 118 cm³/mol. The molecule has 2 aromatic rings. The molecule has 1 aromatic heterocycles. The van der Waals surface area contributed by atoms with E-state index in [-0.39, 0.29) is 17.9 Å². The molecule has 1 aliphatic heterocycles. The number of hydrogen-bond acceptors (Lipinski definition) is 4. The standard InChI is InChI=1S/C22H33N3O4S/c1-4-24-12-8-19-16-20(6-7-21(19)24)30(27,28)25-13-9-18(10-14-25)22(26)23-11-5-15-29-17(2)3/h6-8,12,16-18H,4-5,9-11,13-15H2,1-3H3,(H,23,26). The lowest BCUT2D eigenvalue weighted by Crippen LogP contribution is -2.43. The molecular formula is C22H33N3O4S. The smallest absolute Gasteiger partial charge is 0.243 e. The normalized spacial score (nSPS) is 16.4. The third-order valence-corrected chi connectivity index (χ3v) is 7.51. The number of sulfonamides is 1. The molecular weight excluding hydrogens is 402 g/mol. The summed E-state index contributed by atoms with van der Waals surface area (Å²) in [6, 6.07) is 7.24. The van der Waals surface area contributed by atoms with Gasteiger partial charge >= 0.3 is 0 Å². The first kappa shape index (κ1) is 22.8. The third-order valence-electron chi connectivity index (χ3n) is 5.62. The number of hydrogen-bond donors (Lipinski definition) is 1. The van der Waals surface area contributed by atoms with Crippen LogP contribution >= 0.6 is 0 Å². The van der Waals surface area contributed by atoms with E-state index in [1.165, 1.54) is 4.31 Å². The molecule has 0 bridgehead atoms. The number of benzene rings is 1. The molecule has 0 saturated carbocycles. The monoisotopic (exact) mass is 435 g/mol. The summed E-state index contributed by atoms with van der Waals surface area (Å²) in [5.74, 6) is -0.123. The molecule has 0 aliphatic carbocycles. The van der Waals surface area contributed by atoms with Gasteiger partial charge in [-0.15, -0.1) is 0 Å². The molecule has 1 saturated heterocycles. The first-order valence-corrected chi connectivity index (χ1v) is 12.2. The van der Waals surface area contributed by atoms with Crippen LogP contribution in [0, 0.1) is 5.92 Å². The van der Waals surface area contributed by atoms with E-state index in [0.29, 0.717) is 44.0 Å². The summed E-state index contributed by atoms with van der Waals surface area (Å²) in [4.78, 5) is 12.7. The Morgan fingerprint density at radius 3 is 2.63 bits per heavy atom. The first-order valence-electron chi connectivity index (χ1n) is 10.8. The van der Waals surface area contributed by atoms with E-state index in [9.17, 15) is 13.2 Å². The third kappa shape index (κ3) is 5.22. The summed E-state index contributed by atoms with van der Waals surface area (Å²) >= 11 is 0. The lowest BCUT2D eigenvalue weighted by atomic mass is 9.97. The van der Waals surface area contributed by atoms with Crippen LogP contribution in [0.2, 0.25) is 0 Å². The number of nitrogens with one attached hydrogen (secondary N) is 1. The molecule has 0 spiro atoms. The highest BCUT2D eigenvalue weighted by Crippen LogP contribution is 2.26. The van der Waals surface area contributed by atoms with Crippen molar-refractivity contribution in [2.24, 2.45) is 5.92 Å². The van der Waals surface area contributed by atoms with Crippen molar-refractivity contribution in [1.29, 1.82) is 0 Å². The Morgan fingerprint density at radius 2 is 1.97 bits per heavy atom. The second kappa shape index (κ2) is 9.94. The van der Waals surface area contributed by atoms with Crippen LogP contribution in [0.3, 0.4) is 0 Å². The number of amides is 1. The van der Waals surface area contributed by atoms with Gasteiger partial charge in [-0.25, -0.2) is 8.42 Å². The maximum Gasteiger partial charge on any atom is 0.243 e. The highest BCUT2D eigenvalue weighted by molar-refractivity contribution is 7.89. The van der Waals surface area contributed by atoms with E-state index in [1.54, 1.807) is 12.1 Å². The van der Waals surface area contributed by atoms with Gasteiger partial charge in [0.15, 0.2) is 0 Å². The Bertz CT molecular complexity index is 960. The summed E-state index contributed by atoms with van der Waals surface area (Å²) in [5, 5.41) is 3.87. The summed E-state index contributed by atoms with van der Waals surface area (Å²) in [5.41, 5.74) is 1.03. The largest absolute Gasteiger partial charge is 0.379 e. The molecule has 0 unspecified atom stereocenters. The Hall–Kier alpha value is -1.90. The highest BCUT2D eigenvalue weighted by Gasteiger charge is 2.32. The van der Waals surface area contributed by atoms with Crippen molar-refractivity contribution >= 4 is 26.8 Å². The van der Waals surface area contributed by atoms with E-state index in [4.69, 9.17) is 4.74 Å². The fraction of sp³-hybridized carbons (Fsp3) is 0.591. The zero-order valence-corrected chi connectivity index (χ0v) is 19.0. The van der Waals surface area contributed by atoms with Crippen LogP contribution in [0.1, 0.15) is 40.0 Å². The summed E-state index contributed by atoms with van der Waals surface area (Å²) in [7, 11) is -3.56. The van der Waals surface area contributed by atoms with Crippen molar-refractivity contribution in [1.82, 2.24) is 14.2 Å². The van der Waals surface area contributed by atoms with Gasteiger partial charge in [-0.3, -0.25) is 4.79 Å². The van der Waals surface area contributed by atoms with Crippen LogP contribution in [0.5, 0.6) is 0 Å². The lowest BCUT2D eigenvalue weighted by molar-refractivity contribution is -0.126. The summed E-state index contributed by atoms with van der Waals surface area (Å²) in [6.07, 6.45) is 4.03.